The van der Waals surface area contributed by atoms with E-state index in [9.17, 15) is 22.8 Å². The lowest BCUT2D eigenvalue weighted by atomic mass is 9.97. The number of nitrogens with one attached hydrogen (secondary N) is 1. The first kappa shape index (κ1) is 17.3. The van der Waals surface area contributed by atoms with Gasteiger partial charge in [-0.05, 0) is 30.5 Å². The zero-order chi connectivity index (χ0) is 17.0. The van der Waals surface area contributed by atoms with Crippen molar-refractivity contribution in [3.8, 4) is 0 Å². The number of alkyl halides is 3. The average molecular weight is 328 g/mol. The molecule has 0 aliphatic carbocycles. The fourth-order valence-electron chi connectivity index (χ4n) is 2.67. The Morgan fingerprint density at radius 2 is 1.91 bits per heavy atom. The van der Waals surface area contributed by atoms with Crippen LogP contribution in [0.4, 0.5) is 18.9 Å². The molecule has 2 amide bonds. The molecule has 1 fully saturated rings. The second kappa shape index (κ2) is 7.02. The van der Waals surface area contributed by atoms with Gasteiger partial charge in [-0.15, -0.1) is 0 Å². The summed E-state index contributed by atoms with van der Waals surface area (Å²) in [7, 11) is 0. The maximum atomic E-state index is 12.8. The van der Waals surface area contributed by atoms with E-state index in [4.69, 9.17) is 0 Å². The quantitative estimate of drug-likeness (QED) is 0.927. The van der Waals surface area contributed by atoms with Gasteiger partial charge in [0, 0.05) is 25.7 Å². The van der Waals surface area contributed by atoms with Gasteiger partial charge >= 0.3 is 6.18 Å². The average Bonchev–Trinajstić information content (AvgIpc) is 2.48. The van der Waals surface area contributed by atoms with Gasteiger partial charge in [0.1, 0.15) is 0 Å². The summed E-state index contributed by atoms with van der Waals surface area (Å²) < 4.78 is 38.3. The molecule has 0 saturated carbocycles. The fourth-order valence-corrected chi connectivity index (χ4v) is 2.67. The molecule has 126 valence electrons. The third-order valence-electron chi connectivity index (χ3n) is 3.87. The molecule has 1 aromatic carbocycles. The van der Waals surface area contributed by atoms with Gasteiger partial charge in [-0.2, -0.15) is 13.2 Å². The topological polar surface area (TPSA) is 49.4 Å². The monoisotopic (exact) mass is 328 g/mol. The van der Waals surface area contributed by atoms with E-state index in [1.54, 1.807) is 24.3 Å². The standard InChI is InChI=1S/C16H19F3N2O2/c1-11(22)20-14-6-4-12(5-7-14)9-15(23)21-8-2-3-13(10-21)16(17,18)19/h4-7,13H,2-3,8-10H2,1H3,(H,20,22). The molecule has 0 bridgehead atoms. The van der Waals surface area contributed by atoms with Crippen molar-refractivity contribution >= 4 is 17.5 Å². The third-order valence-corrected chi connectivity index (χ3v) is 3.87. The Morgan fingerprint density at radius 3 is 2.48 bits per heavy atom. The van der Waals surface area contributed by atoms with E-state index in [2.05, 4.69) is 5.32 Å². The number of hydrogen-bond acceptors (Lipinski definition) is 2. The van der Waals surface area contributed by atoms with E-state index in [0.29, 0.717) is 24.2 Å². The molecule has 7 heteroatoms. The zero-order valence-corrected chi connectivity index (χ0v) is 12.8. The molecule has 0 spiro atoms. The molecule has 1 aliphatic rings. The molecule has 23 heavy (non-hydrogen) atoms. The van der Waals surface area contributed by atoms with Crippen LogP contribution in [0, 0.1) is 5.92 Å². The fraction of sp³-hybridized carbons (Fsp3) is 0.500. The van der Waals surface area contributed by atoms with Crippen molar-refractivity contribution in [2.75, 3.05) is 18.4 Å². The molecular weight excluding hydrogens is 309 g/mol. The van der Waals surface area contributed by atoms with Crippen molar-refractivity contribution in [2.24, 2.45) is 5.92 Å². The number of piperidine rings is 1. The van der Waals surface area contributed by atoms with E-state index in [1.807, 2.05) is 0 Å². The Hall–Kier alpha value is -2.05. The first-order valence-corrected chi connectivity index (χ1v) is 7.46. The van der Waals surface area contributed by atoms with Crippen molar-refractivity contribution in [1.29, 1.82) is 0 Å². The summed E-state index contributed by atoms with van der Waals surface area (Å²) in [5, 5.41) is 2.61. The maximum Gasteiger partial charge on any atom is 0.393 e. The van der Waals surface area contributed by atoms with Gasteiger partial charge in [-0.3, -0.25) is 9.59 Å². The highest BCUT2D eigenvalue weighted by atomic mass is 19.4. The van der Waals surface area contributed by atoms with E-state index in [0.717, 1.165) is 0 Å². The molecule has 4 nitrogen and oxygen atoms in total. The van der Waals surface area contributed by atoms with E-state index >= 15 is 0 Å². The molecular formula is C16H19F3N2O2. The van der Waals surface area contributed by atoms with Crippen LogP contribution in [0.2, 0.25) is 0 Å². The highest BCUT2D eigenvalue weighted by Gasteiger charge is 2.42. The van der Waals surface area contributed by atoms with Crippen molar-refractivity contribution < 1.29 is 22.8 Å². The molecule has 0 aromatic heterocycles. The summed E-state index contributed by atoms with van der Waals surface area (Å²) in [5.41, 5.74) is 1.32. The van der Waals surface area contributed by atoms with Gasteiger partial charge in [-0.25, -0.2) is 0 Å². The predicted molar refractivity (Wildman–Crippen MR) is 79.8 cm³/mol. The normalized spacial score (nSPS) is 18.6. The number of carbonyl (C=O) groups is 2. The van der Waals surface area contributed by atoms with Crippen LogP contribution >= 0.6 is 0 Å². The van der Waals surface area contributed by atoms with Crippen molar-refractivity contribution in [3.63, 3.8) is 0 Å². The third kappa shape index (κ3) is 4.97. The smallest absolute Gasteiger partial charge is 0.342 e. The van der Waals surface area contributed by atoms with Gasteiger partial charge in [0.2, 0.25) is 11.8 Å². The number of nitrogens with zero attached hydrogens (tertiary/aromatic N) is 1. The Kier molecular flexibility index (Phi) is 5.28. The zero-order valence-electron chi connectivity index (χ0n) is 12.8. The minimum Gasteiger partial charge on any atom is -0.342 e. The van der Waals surface area contributed by atoms with E-state index < -0.39 is 12.1 Å². The van der Waals surface area contributed by atoms with Crippen LogP contribution in [-0.4, -0.2) is 36.0 Å². The molecule has 1 unspecified atom stereocenters. The molecule has 1 aliphatic heterocycles. The molecule has 1 saturated heterocycles. The number of halogens is 3. The minimum absolute atomic E-state index is 0.0604. The number of hydrogen-bond donors (Lipinski definition) is 1. The summed E-state index contributed by atoms with van der Waals surface area (Å²) in [6.45, 7) is 1.51. The van der Waals surface area contributed by atoms with Crippen LogP contribution in [0.1, 0.15) is 25.3 Å². The number of benzene rings is 1. The molecule has 1 N–H and O–H groups in total. The lowest BCUT2D eigenvalue weighted by Crippen LogP contribution is -2.45. The number of anilines is 1. The lowest BCUT2D eigenvalue weighted by molar-refractivity contribution is -0.187. The Bertz CT molecular complexity index is 570. The molecule has 1 aromatic rings. The van der Waals surface area contributed by atoms with Gasteiger partial charge in [0.25, 0.3) is 0 Å². The number of rotatable bonds is 3. The Morgan fingerprint density at radius 1 is 1.26 bits per heavy atom. The number of carbonyl (C=O) groups excluding carboxylic acids is 2. The van der Waals surface area contributed by atoms with E-state index in [1.165, 1.54) is 11.8 Å². The minimum atomic E-state index is -4.25. The summed E-state index contributed by atoms with van der Waals surface area (Å²) >= 11 is 0. The summed E-state index contributed by atoms with van der Waals surface area (Å²) in [6.07, 6.45) is -3.74. The largest absolute Gasteiger partial charge is 0.393 e. The highest BCUT2D eigenvalue weighted by molar-refractivity contribution is 5.88. The summed E-state index contributed by atoms with van der Waals surface area (Å²) in [5.74, 6) is -1.92. The maximum absolute atomic E-state index is 12.8. The number of likely N-dealkylation sites (tertiary alicyclic amines) is 1. The van der Waals surface area contributed by atoms with Gasteiger partial charge < -0.3 is 10.2 Å². The van der Waals surface area contributed by atoms with Crippen LogP contribution in [0.3, 0.4) is 0 Å². The highest BCUT2D eigenvalue weighted by Crippen LogP contribution is 2.33. The first-order valence-electron chi connectivity index (χ1n) is 7.46. The van der Waals surface area contributed by atoms with Crippen molar-refractivity contribution in [3.05, 3.63) is 29.8 Å². The number of amides is 2. The summed E-state index contributed by atoms with van der Waals surface area (Å²) in [6, 6.07) is 6.71. The van der Waals surface area contributed by atoms with Crippen molar-refractivity contribution in [2.45, 2.75) is 32.4 Å². The van der Waals surface area contributed by atoms with Crippen LogP contribution in [0.15, 0.2) is 24.3 Å². The summed E-state index contributed by atoms with van der Waals surface area (Å²) in [4.78, 5) is 24.4. The molecule has 1 heterocycles. The van der Waals surface area contributed by atoms with Crippen molar-refractivity contribution in [1.82, 2.24) is 4.90 Å². The van der Waals surface area contributed by atoms with Crippen LogP contribution in [0.25, 0.3) is 0 Å². The second-order valence-electron chi connectivity index (χ2n) is 5.78. The SMILES string of the molecule is CC(=O)Nc1ccc(CC(=O)N2CCCC(C(F)(F)F)C2)cc1. The molecule has 1 atom stereocenters. The predicted octanol–water partition coefficient (Wildman–Crippen LogP) is 2.99. The Balaban J connectivity index is 1.94. The van der Waals surface area contributed by atoms with E-state index in [-0.39, 0.29) is 31.2 Å². The lowest BCUT2D eigenvalue weighted by Gasteiger charge is -2.33. The van der Waals surface area contributed by atoms with Gasteiger partial charge in [-0.1, -0.05) is 12.1 Å². The van der Waals surface area contributed by atoms with Crippen LogP contribution in [-0.2, 0) is 16.0 Å². The second-order valence-corrected chi connectivity index (χ2v) is 5.78. The van der Waals surface area contributed by atoms with Crippen LogP contribution < -0.4 is 5.32 Å². The molecule has 0 radical (unpaired) electrons. The van der Waals surface area contributed by atoms with Crippen LogP contribution in [0.5, 0.6) is 0 Å². The Labute approximate surface area is 132 Å². The first-order chi connectivity index (χ1) is 10.8. The molecule has 2 rings (SSSR count). The van der Waals surface area contributed by atoms with Gasteiger partial charge in [0.15, 0.2) is 0 Å². The van der Waals surface area contributed by atoms with Gasteiger partial charge in [0.05, 0.1) is 12.3 Å².